The normalized spacial score (nSPS) is 9.94. The van der Waals surface area contributed by atoms with E-state index in [1.165, 1.54) is 6.26 Å². The second kappa shape index (κ2) is 8.71. The Kier molecular flexibility index (Phi) is 7.85. The summed E-state index contributed by atoms with van der Waals surface area (Å²) in [6.07, 6.45) is 5.22. The van der Waals surface area contributed by atoms with Crippen molar-refractivity contribution in [3.63, 3.8) is 0 Å². The van der Waals surface area contributed by atoms with Crippen molar-refractivity contribution in [1.82, 2.24) is 0 Å². The molecule has 0 fully saturated rings. The number of hydrogen-bond donors (Lipinski definition) is 0. The van der Waals surface area contributed by atoms with E-state index in [4.69, 9.17) is 4.74 Å². The average molecular weight is 226 g/mol. The van der Waals surface area contributed by atoms with E-state index in [0.29, 0.717) is 6.61 Å². The first kappa shape index (κ1) is 14.4. The SMILES string of the molecule is CCCCOC(=O)/C=C\C(=O)OC=C(C)C. The Hall–Kier alpha value is -1.58. The van der Waals surface area contributed by atoms with Gasteiger partial charge in [0.05, 0.1) is 12.9 Å². The number of esters is 2. The number of ether oxygens (including phenoxy) is 2. The van der Waals surface area contributed by atoms with Crippen LogP contribution in [0.2, 0.25) is 0 Å². The Labute approximate surface area is 95.9 Å². The molecule has 0 saturated heterocycles. The van der Waals surface area contributed by atoms with Gasteiger partial charge in [-0.1, -0.05) is 13.3 Å². The molecule has 0 unspecified atom stereocenters. The molecule has 0 atom stereocenters. The molecule has 0 aromatic rings. The third kappa shape index (κ3) is 8.99. The van der Waals surface area contributed by atoms with E-state index in [9.17, 15) is 9.59 Å². The van der Waals surface area contributed by atoms with Crippen LogP contribution in [-0.4, -0.2) is 18.5 Å². The van der Waals surface area contributed by atoms with Crippen LogP contribution >= 0.6 is 0 Å². The molecule has 0 aliphatic carbocycles. The number of carbonyl (C=O) groups is 2. The van der Waals surface area contributed by atoms with Crippen LogP contribution in [0.1, 0.15) is 33.6 Å². The van der Waals surface area contributed by atoms with E-state index < -0.39 is 11.9 Å². The van der Waals surface area contributed by atoms with Crippen molar-refractivity contribution in [2.75, 3.05) is 6.61 Å². The third-order valence-electron chi connectivity index (χ3n) is 1.51. The lowest BCUT2D eigenvalue weighted by atomic mass is 10.4. The molecule has 0 aliphatic heterocycles. The summed E-state index contributed by atoms with van der Waals surface area (Å²) in [6, 6.07) is 0. The number of unbranched alkanes of at least 4 members (excludes halogenated alkanes) is 1. The van der Waals surface area contributed by atoms with Gasteiger partial charge >= 0.3 is 11.9 Å². The van der Waals surface area contributed by atoms with Gasteiger partial charge in [0.2, 0.25) is 0 Å². The van der Waals surface area contributed by atoms with Gasteiger partial charge in [-0.05, 0) is 25.8 Å². The first-order chi connectivity index (χ1) is 7.56. The molecule has 16 heavy (non-hydrogen) atoms. The summed E-state index contributed by atoms with van der Waals surface area (Å²) in [4.78, 5) is 22.0. The molecule has 0 radical (unpaired) electrons. The molecule has 0 amide bonds. The Morgan fingerprint density at radius 2 is 1.75 bits per heavy atom. The van der Waals surface area contributed by atoms with Crippen LogP contribution in [0.4, 0.5) is 0 Å². The van der Waals surface area contributed by atoms with Crippen molar-refractivity contribution in [1.29, 1.82) is 0 Å². The van der Waals surface area contributed by atoms with Crippen LogP contribution < -0.4 is 0 Å². The van der Waals surface area contributed by atoms with E-state index in [2.05, 4.69) is 4.74 Å². The van der Waals surface area contributed by atoms with E-state index in [0.717, 1.165) is 30.6 Å². The van der Waals surface area contributed by atoms with Gasteiger partial charge in [-0.15, -0.1) is 0 Å². The second-order valence-corrected chi connectivity index (χ2v) is 3.49. The van der Waals surface area contributed by atoms with Crippen molar-refractivity contribution >= 4 is 11.9 Å². The van der Waals surface area contributed by atoms with Crippen molar-refractivity contribution in [3.8, 4) is 0 Å². The summed E-state index contributed by atoms with van der Waals surface area (Å²) in [5.74, 6) is -1.11. The standard InChI is InChI=1S/C12H18O4/c1-4-5-8-15-11(13)6-7-12(14)16-9-10(2)3/h6-7,9H,4-5,8H2,1-3H3/b7-6-. The molecule has 0 bridgehead atoms. The van der Waals surface area contributed by atoms with E-state index in [1.807, 2.05) is 6.92 Å². The minimum absolute atomic E-state index is 0.378. The van der Waals surface area contributed by atoms with Gasteiger partial charge in [0.1, 0.15) is 0 Å². The van der Waals surface area contributed by atoms with Gasteiger partial charge in [0, 0.05) is 12.2 Å². The summed E-state index contributed by atoms with van der Waals surface area (Å²) >= 11 is 0. The van der Waals surface area contributed by atoms with Crippen molar-refractivity contribution in [2.24, 2.45) is 0 Å². The lowest BCUT2D eigenvalue weighted by Crippen LogP contribution is -2.03. The predicted octanol–water partition coefficient (Wildman–Crippen LogP) is 2.35. The van der Waals surface area contributed by atoms with E-state index in [1.54, 1.807) is 13.8 Å². The molecule has 0 rings (SSSR count). The fraction of sp³-hybridized carbons (Fsp3) is 0.500. The van der Waals surface area contributed by atoms with Gasteiger partial charge in [-0.25, -0.2) is 9.59 Å². The van der Waals surface area contributed by atoms with Gasteiger partial charge in [0.15, 0.2) is 0 Å². The fourth-order valence-corrected chi connectivity index (χ4v) is 0.717. The lowest BCUT2D eigenvalue weighted by Gasteiger charge is -1.98. The minimum atomic E-state index is -0.589. The van der Waals surface area contributed by atoms with Gasteiger partial charge in [-0.2, -0.15) is 0 Å². The van der Waals surface area contributed by atoms with Crippen LogP contribution in [0.15, 0.2) is 24.0 Å². The quantitative estimate of drug-likeness (QED) is 0.302. The van der Waals surface area contributed by atoms with Crippen LogP contribution in [0.5, 0.6) is 0 Å². The van der Waals surface area contributed by atoms with Gasteiger partial charge in [-0.3, -0.25) is 0 Å². The second-order valence-electron chi connectivity index (χ2n) is 3.49. The maximum atomic E-state index is 11.0. The molecule has 0 aromatic carbocycles. The highest BCUT2D eigenvalue weighted by Gasteiger charge is 1.99. The molecular formula is C12H18O4. The monoisotopic (exact) mass is 226 g/mol. The highest BCUT2D eigenvalue weighted by atomic mass is 16.5. The first-order valence-corrected chi connectivity index (χ1v) is 5.25. The van der Waals surface area contributed by atoms with Crippen molar-refractivity contribution in [3.05, 3.63) is 24.0 Å². The topological polar surface area (TPSA) is 52.6 Å². The third-order valence-corrected chi connectivity index (χ3v) is 1.51. The maximum Gasteiger partial charge on any atom is 0.335 e. The zero-order chi connectivity index (χ0) is 12.4. The van der Waals surface area contributed by atoms with Gasteiger partial charge in [0.25, 0.3) is 0 Å². The van der Waals surface area contributed by atoms with Crippen molar-refractivity contribution < 1.29 is 19.1 Å². The summed E-state index contributed by atoms with van der Waals surface area (Å²) in [7, 11) is 0. The summed E-state index contributed by atoms with van der Waals surface area (Å²) < 4.78 is 9.49. The molecule has 0 N–H and O–H groups in total. The minimum Gasteiger partial charge on any atom is -0.463 e. The fourth-order valence-electron chi connectivity index (χ4n) is 0.717. The Morgan fingerprint density at radius 1 is 1.12 bits per heavy atom. The molecule has 0 heterocycles. The summed E-state index contributed by atoms with van der Waals surface area (Å²) in [6.45, 7) is 5.98. The molecule has 90 valence electrons. The highest BCUT2D eigenvalue weighted by Crippen LogP contribution is 1.93. The Bertz CT molecular complexity index is 285. The van der Waals surface area contributed by atoms with E-state index >= 15 is 0 Å². The van der Waals surface area contributed by atoms with E-state index in [-0.39, 0.29) is 0 Å². The van der Waals surface area contributed by atoms with Crippen LogP contribution in [0.25, 0.3) is 0 Å². The van der Waals surface area contributed by atoms with Crippen LogP contribution in [-0.2, 0) is 19.1 Å². The number of rotatable bonds is 6. The number of allylic oxidation sites excluding steroid dienone is 1. The predicted molar refractivity (Wildman–Crippen MR) is 60.5 cm³/mol. The molecule has 0 aliphatic rings. The molecule has 4 nitrogen and oxygen atoms in total. The van der Waals surface area contributed by atoms with Crippen molar-refractivity contribution in [2.45, 2.75) is 33.6 Å². The number of carbonyl (C=O) groups excluding carboxylic acids is 2. The van der Waals surface area contributed by atoms with Crippen LogP contribution in [0.3, 0.4) is 0 Å². The Morgan fingerprint density at radius 3 is 2.31 bits per heavy atom. The smallest absolute Gasteiger partial charge is 0.335 e. The first-order valence-electron chi connectivity index (χ1n) is 5.25. The summed E-state index contributed by atoms with van der Waals surface area (Å²) in [5.41, 5.74) is 0.868. The zero-order valence-corrected chi connectivity index (χ0v) is 9.99. The Balaban J connectivity index is 3.84. The molecule has 0 spiro atoms. The molecular weight excluding hydrogens is 208 g/mol. The number of hydrogen-bond acceptors (Lipinski definition) is 4. The van der Waals surface area contributed by atoms with Crippen LogP contribution in [0, 0.1) is 0 Å². The average Bonchev–Trinajstić information content (AvgIpc) is 2.24. The maximum absolute atomic E-state index is 11.0. The molecule has 0 aromatic heterocycles. The van der Waals surface area contributed by atoms with Gasteiger partial charge < -0.3 is 9.47 Å². The largest absolute Gasteiger partial charge is 0.463 e. The summed E-state index contributed by atoms with van der Waals surface area (Å²) in [5, 5.41) is 0. The highest BCUT2D eigenvalue weighted by molar-refractivity contribution is 5.91. The molecule has 0 saturated carbocycles. The molecule has 4 heteroatoms. The lowest BCUT2D eigenvalue weighted by molar-refractivity contribution is -0.139. The zero-order valence-electron chi connectivity index (χ0n) is 9.99.